The maximum Gasteiger partial charge on any atom is 0.414 e. The second-order valence-electron chi connectivity index (χ2n) is 23.1. The van der Waals surface area contributed by atoms with Gasteiger partial charge in [-0.1, -0.05) is 80.7 Å². The molecule has 0 aliphatic heterocycles. The summed E-state index contributed by atoms with van der Waals surface area (Å²) in [4.78, 5) is 51.1. The van der Waals surface area contributed by atoms with Gasteiger partial charge in [0.15, 0.2) is 0 Å². The number of aryl methyl sites for hydroxylation is 1. The van der Waals surface area contributed by atoms with Gasteiger partial charge in [-0.05, 0) is 186 Å². The molecule has 0 radical (unpaired) electrons. The first kappa shape index (κ1) is 59.6. The molecule has 416 valence electrons. The quantitative estimate of drug-likeness (QED) is 0.0428. The van der Waals surface area contributed by atoms with Crippen LogP contribution >= 0.6 is 0 Å². The molecule has 0 unspecified atom stereocenters. The number of amides is 3. The van der Waals surface area contributed by atoms with E-state index in [4.69, 9.17) is 24.2 Å². The molecule has 78 heavy (non-hydrogen) atoms. The molecule has 0 atom stereocenters. The van der Waals surface area contributed by atoms with Crippen molar-refractivity contribution in [3.05, 3.63) is 143 Å². The summed E-state index contributed by atoms with van der Waals surface area (Å²) in [6.45, 7) is 26.1. The van der Waals surface area contributed by atoms with Gasteiger partial charge in [-0.25, -0.2) is 14.4 Å². The van der Waals surface area contributed by atoms with Crippen molar-refractivity contribution >= 4 is 75.2 Å². The first-order chi connectivity index (χ1) is 36.9. The Labute approximate surface area is 464 Å². The van der Waals surface area contributed by atoms with Crippen LogP contribution in [0.2, 0.25) is 0 Å². The maximum absolute atomic E-state index is 14.0. The molecular weight excluding hydrogens is 977 g/mol. The minimum atomic E-state index is -0.677. The number of ether oxygens (including phenoxy) is 3. The van der Waals surface area contributed by atoms with Crippen molar-refractivity contribution in [1.29, 1.82) is 0 Å². The highest BCUT2D eigenvalue weighted by Crippen LogP contribution is 2.39. The van der Waals surface area contributed by atoms with E-state index in [1.54, 1.807) is 4.90 Å². The summed E-state index contributed by atoms with van der Waals surface area (Å²) in [6.07, 6.45) is 14.9. The smallest absolute Gasteiger partial charge is 0.414 e. The van der Waals surface area contributed by atoms with Gasteiger partial charge in [0.25, 0.3) is 0 Å². The number of unbranched alkanes of at least 4 members (excludes halogenated alkanes) is 6. The van der Waals surface area contributed by atoms with E-state index in [1.165, 1.54) is 0 Å². The molecule has 0 saturated carbocycles. The van der Waals surface area contributed by atoms with Gasteiger partial charge in [0.1, 0.15) is 16.8 Å². The number of nitrogens with one attached hydrogen (secondary N) is 5. The van der Waals surface area contributed by atoms with Gasteiger partial charge in [0, 0.05) is 65.8 Å². The standard InChI is InChI=1S/C64H84N8O6/c1-43-39-49(31-33-51(43)70-59(73)76-62(5,6)7)67-54-36-35-53(46(4)58(54)69-48-29-23-20-24-30-48)65-37-25-17-15-14-16-18-26-38-72(61(75)78-64(11,12)13)57-42-56(66-47-27-21-19-22-28-47)55(41-45(57)3)68-50-32-34-52(44(2)40-50)71-60(74)77-63(8,9)10/h19-24,27-30,33-36,39-42,65-66,69H,14-18,25-26,31-32,37-38H2,1-13H3,(H,70,73)(H,71,74). The first-order valence-electron chi connectivity index (χ1n) is 27.5. The molecule has 0 bridgehead atoms. The Kier molecular flexibility index (Phi) is 20.7. The third-order valence-corrected chi connectivity index (χ3v) is 12.6. The lowest BCUT2D eigenvalue weighted by Crippen LogP contribution is -2.38. The molecule has 4 aromatic carbocycles. The van der Waals surface area contributed by atoms with Gasteiger partial charge in [0.2, 0.25) is 0 Å². The van der Waals surface area contributed by atoms with E-state index in [9.17, 15) is 14.4 Å². The molecule has 5 N–H and O–H groups in total. The molecule has 2 aliphatic rings. The minimum Gasteiger partial charge on any atom is -0.444 e. The van der Waals surface area contributed by atoms with Crippen LogP contribution in [0.3, 0.4) is 0 Å². The number of hydrogen-bond donors (Lipinski definition) is 5. The summed E-state index contributed by atoms with van der Waals surface area (Å²) in [5, 5.41) is 16.7. The highest BCUT2D eigenvalue weighted by atomic mass is 16.6. The zero-order valence-electron chi connectivity index (χ0n) is 48.5. The molecular formula is C64H84N8O6. The van der Waals surface area contributed by atoms with Gasteiger partial charge in [-0.2, -0.15) is 0 Å². The first-order valence-corrected chi connectivity index (χ1v) is 27.5. The van der Waals surface area contributed by atoms with E-state index in [2.05, 4.69) is 45.6 Å². The molecule has 0 spiro atoms. The summed E-state index contributed by atoms with van der Waals surface area (Å²) in [6, 6.07) is 28.3. The summed E-state index contributed by atoms with van der Waals surface area (Å²) in [5.74, 6) is 0. The average molecular weight is 1060 g/mol. The number of carbonyl (C=O) groups is 3. The van der Waals surface area contributed by atoms with Gasteiger partial charge in [-0.15, -0.1) is 0 Å². The SMILES string of the molecule is CC1=CC(=Nc2cc(C)c(N(CCCCCCCCCNc3ccc(N=C4C=C(C)C(NC(=O)OC(C)(C)C)=CC4)c(Nc4ccccc4)c3C)C(=O)OC(C)(C)C)cc2Nc2ccccc2)CC=C1NC(=O)OC(C)(C)C. The molecule has 14 heteroatoms. The number of hydrogen-bond acceptors (Lipinski definition) is 11. The topological polar surface area (TPSA) is 167 Å². The Morgan fingerprint density at radius 1 is 0.551 bits per heavy atom. The molecule has 3 amide bonds. The van der Waals surface area contributed by atoms with Crippen LogP contribution in [0.1, 0.15) is 145 Å². The van der Waals surface area contributed by atoms with Crippen LogP contribution in [0.4, 0.5) is 59.9 Å². The highest BCUT2D eigenvalue weighted by Gasteiger charge is 2.27. The molecule has 0 aromatic heterocycles. The Bertz CT molecular complexity index is 2930. The van der Waals surface area contributed by atoms with Crippen LogP contribution in [-0.4, -0.2) is 59.6 Å². The number of aliphatic imine (C=N–C) groups is 2. The van der Waals surface area contributed by atoms with E-state index in [-0.39, 0.29) is 6.09 Å². The second kappa shape index (κ2) is 27.1. The average Bonchev–Trinajstić information content (AvgIpc) is 3.45. The van der Waals surface area contributed by atoms with Crippen molar-refractivity contribution in [3.63, 3.8) is 0 Å². The van der Waals surface area contributed by atoms with E-state index < -0.39 is 29.0 Å². The van der Waals surface area contributed by atoms with Crippen molar-refractivity contribution in [2.45, 2.75) is 165 Å². The normalized spacial score (nSPS) is 14.8. The molecule has 0 fully saturated rings. The van der Waals surface area contributed by atoms with E-state index in [1.807, 2.05) is 180 Å². The summed E-state index contributed by atoms with van der Waals surface area (Å²) < 4.78 is 17.0. The van der Waals surface area contributed by atoms with Crippen LogP contribution in [-0.2, 0) is 14.2 Å². The largest absolute Gasteiger partial charge is 0.444 e. The monoisotopic (exact) mass is 1060 g/mol. The van der Waals surface area contributed by atoms with Crippen molar-refractivity contribution in [3.8, 4) is 0 Å². The number of para-hydroxylation sites is 2. The third kappa shape index (κ3) is 19.1. The van der Waals surface area contributed by atoms with Crippen molar-refractivity contribution in [1.82, 2.24) is 10.6 Å². The zero-order chi connectivity index (χ0) is 56.6. The van der Waals surface area contributed by atoms with Crippen molar-refractivity contribution in [2.75, 3.05) is 33.9 Å². The summed E-state index contributed by atoms with van der Waals surface area (Å²) in [5.41, 5.74) is 12.0. The lowest BCUT2D eigenvalue weighted by molar-refractivity contribution is 0.0535. The maximum atomic E-state index is 14.0. The fourth-order valence-corrected chi connectivity index (χ4v) is 8.88. The zero-order valence-corrected chi connectivity index (χ0v) is 48.5. The second-order valence-corrected chi connectivity index (χ2v) is 23.1. The molecule has 4 aromatic rings. The number of benzene rings is 4. The number of rotatable bonds is 20. The molecule has 0 saturated heterocycles. The minimum absolute atomic E-state index is 0.386. The molecule has 14 nitrogen and oxygen atoms in total. The summed E-state index contributed by atoms with van der Waals surface area (Å²) >= 11 is 0. The van der Waals surface area contributed by atoms with Crippen LogP contribution in [0.15, 0.2) is 142 Å². The van der Waals surface area contributed by atoms with Crippen LogP contribution < -0.4 is 31.5 Å². The Morgan fingerprint density at radius 2 is 1.04 bits per heavy atom. The molecule has 6 rings (SSSR count). The Hall–Kier alpha value is -7.61. The Morgan fingerprint density at radius 3 is 1.55 bits per heavy atom. The van der Waals surface area contributed by atoms with Crippen LogP contribution in [0.25, 0.3) is 0 Å². The van der Waals surface area contributed by atoms with Crippen molar-refractivity contribution < 1.29 is 28.6 Å². The van der Waals surface area contributed by atoms with Gasteiger partial charge < -0.3 is 30.2 Å². The van der Waals surface area contributed by atoms with Crippen molar-refractivity contribution in [2.24, 2.45) is 9.98 Å². The van der Waals surface area contributed by atoms with E-state index in [0.29, 0.717) is 25.1 Å². The molecule has 2 aliphatic carbocycles. The Balaban J connectivity index is 1.05. The van der Waals surface area contributed by atoms with E-state index in [0.717, 1.165) is 136 Å². The van der Waals surface area contributed by atoms with E-state index >= 15 is 0 Å². The number of alkyl carbamates (subject to hydrolysis) is 2. The fourth-order valence-electron chi connectivity index (χ4n) is 8.88. The third-order valence-electron chi connectivity index (χ3n) is 12.6. The number of carbonyl (C=O) groups excluding carboxylic acids is 3. The number of allylic oxidation sites excluding steroid dienone is 6. The molecule has 0 heterocycles. The highest BCUT2D eigenvalue weighted by molar-refractivity contribution is 6.03. The van der Waals surface area contributed by atoms with Gasteiger partial charge in [0.05, 0.1) is 28.4 Å². The van der Waals surface area contributed by atoms with Crippen LogP contribution in [0, 0.1) is 13.8 Å². The number of anilines is 6. The van der Waals surface area contributed by atoms with Gasteiger partial charge in [-0.3, -0.25) is 25.5 Å². The summed E-state index contributed by atoms with van der Waals surface area (Å²) in [7, 11) is 0. The predicted molar refractivity (Wildman–Crippen MR) is 322 cm³/mol. The van der Waals surface area contributed by atoms with Crippen LogP contribution in [0.5, 0.6) is 0 Å². The fraction of sp³-hybridized carbons (Fsp3) is 0.422. The predicted octanol–water partition coefficient (Wildman–Crippen LogP) is 17.0. The number of nitrogens with zero attached hydrogens (tertiary/aromatic N) is 3. The lowest BCUT2D eigenvalue weighted by Gasteiger charge is -2.29. The van der Waals surface area contributed by atoms with Gasteiger partial charge >= 0.3 is 18.3 Å². The lowest BCUT2D eigenvalue weighted by atomic mass is 10.0.